The lowest BCUT2D eigenvalue weighted by Crippen LogP contribution is -2.56. The summed E-state index contributed by atoms with van der Waals surface area (Å²) in [7, 11) is 0. The number of nitrogens with zero attached hydrogens (tertiary/aromatic N) is 3. The minimum atomic E-state index is -1.16. The standard InChI is InChI=1S/C36H45N3O6/c1-5-21-37(25-26-13-10-9-11-14-26)34(43)31-36-20-19-35(7-3,45-36)29(30(36)33(42)39(31)23-12-24-40)32(41)38(22-6-2)27-15-17-28(18-16-27)44-8-4/h5-6,9-11,13-18,29-31,40H,1-2,7-8,12,19-25H2,3-4H3/t29-,30+,31?,35+,36?/m1/s1. The normalized spacial score (nSPS) is 26.4. The third-order valence-electron chi connectivity index (χ3n) is 9.65. The van der Waals surface area contributed by atoms with E-state index in [4.69, 9.17) is 9.47 Å². The van der Waals surface area contributed by atoms with Gasteiger partial charge in [-0.25, -0.2) is 0 Å². The Morgan fingerprint density at radius 2 is 1.76 bits per heavy atom. The van der Waals surface area contributed by atoms with Crippen LogP contribution in [0.25, 0.3) is 0 Å². The first kappa shape index (κ1) is 32.4. The van der Waals surface area contributed by atoms with Gasteiger partial charge in [-0.1, -0.05) is 49.4 Å². The van der Waals surface area contributed by atoms with Gasteiger partial charge >= 0.3 is 0 Å². The molecule has 3 fully saturated rings. The highest BCUT2D eigenvalue weighted by atomic mass is 16.5. The average molecular weight is 616 g/mol. The van der Waals surface area contributed by atoms with Crippen molar-refractivity contribution in [3.8, 4) is 5.75 Å². The molecule has 0 saturated carbocycles. The molecular weight excluding hydrogens is 570 g/mol. The number of fused-ring (bicyclic) bond motifs is 1. The van der Waals surface area contributed by atoms with Gasteiger partial charge in [0.1, 0.15) is 17.4 Å². The molecule has 0 aliphatic carbocycles. The van der Waals surface area contributed by atoms with Gasteiger partial charge in [-0.05, 0) is 62.4 Å². The third kappa shape index (κ3) is 5.68. The largest absolute Gasteiger partial charge is 0.494 e. The molecule has 5 rings (SSSR count). The maximum absolute atomic E-state index is 14.7. The molecule has 3 aliphatic heterocycles. The van der Waals surface area contributed by atoms with Gasteiger partial charge in [-0.15, -0.1) is 13.2 Å². The zero-order valence-corrected chi connectivity index (χ0v) is 26.4. The summed E-state index contributed by atoms with van der Waals surface area (Å²) in [6.07, 6.45) is 5.24. The molecule has 1 N–H and O–H groups in total. The van der Waals surface area contributed by atoms with E-state index in [-0.39, 0.29) is 37.4 Å². The van der Waals surface area contributed by atoms with Crippen LogP contribution in [-0.4, -0.2) is 82.7 Å². The number of aliphatic hydroxyl groups is 1. The maximum atomic E-state index is 14.7. The molecule has 240 valence electrons. The van der Waals surface area contributed by atoms with Gasteiger partial charge in [0.25, 0.3) is 0 Å². The topological polar surface area (TPSA) is 99.6 Å². The Kier molecular flexibility index (Phi) is 9.79. The number of aliphatic hydroxyl groups excluding tert-OH is 1. The van der Waals surface area contributed by atoms with Gasteiger partial charge in [0.05, 0.1) is 24.0 Å². The molecule has 3 saturated heterocycles. The zero-order valence-electron chi connectivity index (χ0n) is 26.4. The second-order valence-electron chi connectivity index (χ2n) is 12.1. The van der Waals surface area contributed by atoms with Crippen LogP contribution in [0.2, 0.25) is 0 Å². The van der Waals surface area contributed by atoms with E-state index in [2.05, 4.69) is 13.2 Å². The van der Waals surface area contributed by atoms with Crippen LogP contribution in [-0.2, 0) is 25.7 Å². The van der Waals surface area contributed by atoms with Crippen LogP contribution in [0.15, 0.2) is 79.9 Å². The first-order chi connectivity index (χ1) is 21.8. The molecule has 2 aromatic rings. The van der Waals surface area contributed by atoms with E-state index in [0.29, 0.717) is 56.8 Å². The molecule has 2 bridgehead atoms. The van der Waals surface area contributed by atoms with Crippen LogP contribution in [0.1, 0.15) is 45.1 Å². The Morgan fingerprint density at radius 1 is 1.04 bits per heavy atom. The van der Waals surface area contributed by atoms with Crippen molar-refractivity contribution in [3.05, 3.63) is 85.5 Å². The summed E-state index contributed by atoms with van der Waals surface area (Å²) in [6, 6.07) is 16.1. The van der Waals surface area contributed by atoms with Crippen molar-refractivity contribution >= 4 is 23.4 Å². The number of ether oxygens (including phenoxy) is 2. The number of amides is 3. The third-order valence-corrected chi connectivity index (χ3v) is 9.65. The molecule has 5 atom stereocenters. The summed E-state index contributed by atoms with van der Waals surface area (Å²) >= 11 is 0. The van der Waals surface area contributed by atoms with Gasteiger partial charge in [0, 0.05) is 38.5 Å². The highest BCUT2D eigenvalue weighted by molar-refractivity contribution is 6.03. The van der Waals surface area contributed by atoms with Gasteiger partial charge in [-0.2, -0.15) is 0 Å². The van der Waals surface area contributed by atoms with Gasteiger partial charge in [0.15, 0.2) is 0 Å². The SMILES string of the molecule is C=CCN(Cc1ccccc1)C(=O)C1N(CCCO)C(=O)[C@@H]2[C@H](C(=O)N(CC=C)c3ccc(OCC)cc3)[C@]3(CC)CCC12O3. The molecule has 2 unspecified atom stereocenters. The lowest BCUT2D eigenvalue weighted by molar-refractivity contribution is -0.153. The number of benzene rings is 2. The second kappa shape index (κ2) is 13.6. The highest BCUT2D eigenvalue weighted by Crippen LogP contribution is 2.64. The molecule has 3 heterocycles. The van der Waals surface area contributed by atoms with E-state index in [1.807, 2.05) is 68.4 Å². The lowest BCUT2D eigenvalue weighted by Gasteiger charge is -2.37. The summed E-state index contributed by atoms with van der Waals surface area (Å²) in [5.41, 5.74) is -0.416. The summed E-state index contributed by atoms with van der Waals surface area (Å²) in [5.74, 6) is -1.63. The minimum absolute atomic E-state index is 0.129. The van der Waals surface area contributed by atoms with Gasteiger partial charge in [0.2, 0.25) is 17.7 Å². The van der Waals surface area contributed by atoms with Crippen molar-refractivity contribution in [3.63, 3.8) is 0 Å². The van der Waals surface area contributed by atoms with E-state index < -0.39 is 29.1 Å². The van der Waals surface area contributed by atoms with E-state index >= 15 is 0 Å². The molecule has 3 aliphatic rings. The van der Waals surface area contributed by atoms with E-state index in [1.165, 1.54) is 0 Å². The molecule has 9 heteroatoms. The van der Waals surface area contributed by atoms with Crippen LogP contribution in [0.5, 0.6) is 5.75 Å². The molecule has 45 heavy (non-hydrogen) atoms. The van der Waals surface area contributed by atoms with Crippen LogP contribution in [0.4, 0.5) is 5.69 Å². The van der Waals surface area contributed by atoms with Crippen molar-refractivity contribution in [2.45, 2.75) is 63.3 Å². The van der Waals surface area contributed by atoms with E-state index in [0.717, 1.165) is 5.56 Å². The Morgan fingerprint density at radius 3 is 2.38 bits per heavy atom. The predicted molar refractivity (Wildman–Crippen MR) is 172 cm³/mol. The number of carbonyl (C=O) groups excluding carboxylic acids is 3. The quantitative estimate of drug-likeness (QED) is 0.299. The number of rotatable bonds is 15. The van der Waals surface area contributed by atoms with Gasteiger partial charge < -0.3 is 29.3 Å². The number of anilines is 1. The summed E-state index contributed by atoms with van der Waals surface area (Å²) in [4.78, 5) is 48.8. The van der Waals surface area contributed by atoms with Crippen molar-refractivity contribution in [1.29, 1.82) is 0 Å². The molecule has 0 aromatic heterocycles. The molecule has 1 spiro atoms. The van der Waals surface area contributed by atoms with Crippen molar-refractivity contribution in [2.75, 3.05) is 37.7 Å². The predicted octanol–water partition coefficient (Wildman–Crippen LogP) is 4.36. The highest BCUT2D eigenvalue weighted by Gasteiger charge is 2.79. The number of carbonyl (C=O) groups is 3. The monoisotopic (exact) mass is 615 g/mol. The second-order valence-corrected chi connectivity index (χ2v) is 12.1. The summed E-state index contributed by atoms with van der Waals surface area (Å²) in [6.45, 7) is 13.1. The minimum Gasteiger partial charge on any atom is -0.494 e. The molecule has 3 amide bonds. The number of hydrogen-bond donors (Lipinski definition) is 1. The van der Waals surface area contributed by atoms with Crippen LogP contribution < -0.4 is 9.64 Å². The Bertz CT molecular complexity index is 1400. The molecule has 9 nitrogen and oxygen atoms in total. The maximum Gasteiger partial charge on any atom is 0.248 e. The van der Waals surface area contributed by atoms with Crippen molar-refractivity contribution < 1.29 is 29.0 Å². The smallest absolute Gasteiger partial charge is 0.248 e. The summed E-state index contributed by atoms with van der Waals surface area (Å²) < 4.78 is 12.6. The Balaban J connectivity index is 1.55. The lowest BCUT2D eigenvalue weighted by atomic mass is 9.64. The fourth-order valence-corrected chi connectivity index (χ4v) is 7.73. The fraction of sp³-hybridized carbons (Fsp3) is 0.472. The van der Waals surface area contributed by atoms with E-state index in [9.17, 15) is 19.5 Å². The Labute approximate surface area is 266 Å². The average Bonchev–Trinajstić information content (AvgIpc) is 3.66. The molecular formula is C36H45N3O6. The van der Waals surface area contributed by atoms with Crippen LogP contribution in [0.3, 0.4) is 0 Å². The van der Waals surface area contributed by atoms with Crippen molar-refractivity contribution in [2.24, 2.45) is 11.8 Å². The Hall–Kier alpha value is -3.95. The first-order valence-corrected chi connectivity index (χ1v) is 16.0. The van der Waals surface area contributed by atoms with Crippen molar-refractivity contribution in [1.82, 2.24) is 9.80 Å². The molecule has 2 aromatic carbocycles. The van der Waals surface area contributed by atoms with Gasteiger partial charge in [-0.3, -0.25) is 14.4 Å². The van der Waals surface area contributed by atoms with Crippen LogP contribution in [0, 0.1) is 11.8 Å². The first-order valence-electron chi connectivity index (χ1n) is 16.0. The van der Waals surface area contributed by atoms with E-state index in [1.54, 1.807) is 26.9 Å². The fourth-order valence-electron chi connectivity index (χ4n) is 7.73. The number of likely N-dealkylation sites (tertiary alicyclic amines) is 1. The zero-order chi connectivity index (χ0) is 32.2. The molecule has 0 radical (unpaired) electrons. The summed E-state index contributed by atoms with van der Waals surface area (Å²) in [5, 5.41) is 9.73. The van der Waals surface area contributed by atoms with Crippen LogP contribution >= 0.6 is 0 Å². The number of hydrogen-bond acceptors (Lipinski definition) is 6.